The highest BCUT2D eigenvalue weighted by molar-refractivity contribution is 7.90. The molecule has 3 heterocycles. The normalized spacial score (nSPS) is 18.9. The molecule has 0 radical (unpaired) electrons. The third kappa shape index (κ3) is 4.19. The lowest BCUT2D eigenvalue weighted by molar-refractivity contribution is 0.340. The molecule has 0 spiro atoms. The van der Waals surface area contributed by atoms with Crippen molar-refractivity contribution in [1.29, 1.82) is 0 Å². The smallest absolute Gasteiger partial charge is 0.164 e. The number of aliphatic hydroxyl groups is 1. The molecule has 2 aromatic rings. The molecule has 160 valence electrons. The van der Waals surface area contributed by atoms with Crippen molar-refractivity contribution in [3.8, 4) is 11.4 Å². The van der Waals surface area contributed by atoms with E-state index in [1.807, 2.05) is 11.0 Å². The van der Waals surface area contributed by atoms with Gasteiger partial charge in [-0.05, 0) is 30.9 Å². The van der Waals surface area contributed by atoms with E-state index in [0.717, 1.165) is 25.0 Å². The molecule has 0 saturated carbocycles. The van der Waals surface area contributed by atoms with Gasteiger partial charge in [0.1, 0.15) is 17.5 Å². The zero-order chi connectivity index (χ0) is 21.5. The SMILES string of the molecule is O=S1(=O)Cc2nc(-c3cc(F)c(Cl)cc3F)nc(N3CCC(/C=C\CO)CC3)c2C1. The molecule has 1 aromatic heterocycles. The zero-order valence-corrected chi connectivity index (χ0v) is 17.6. The predicted molar refractivity (Wildman–Crippen MR) is 110 cm³/mol. The number of sulfone groups is 1. The second-order valence-electron chi connectivity index (χ2n) is 7.51. The van der Waals surface area contributed by atoms with Crippen LogP contribution in [0.2, 0.25) is 5.02 Å². The Balaban J connectivity index is 1.74. The lowest BCUT2D eigenvalue weighted by atomic mass is 9.96. The van der Waals surface area contributed by atoms with Gasteiger partial charge < -0.3 is 10.0 Å². The van der Waals surface area contributed by atoms with Gasteiger partial charge in [-0.25, -0.2) is 27.2 Å². The molecule has 0 atom stereocenters. The van der Waals surface area contributed by atoms with Gasteiger partial charge in [0.05, 0.1) is 34.4 Å². The highest BCUT2D eigenvalue weighted by atomic mass is 35.5. The minimum Gasteiger partial charge on any atom is -0.392 e. The molecule has 6 nitrogen and oxygen atoms in total. The van der Waals surface area contributed by atoms with Gasteiger partial charge in [-0.1, -0.05) is 23.8 Å². The van der Waals surface area contributed by atoms with E-state index in [9.17, 15) is 17.2 Å². The van der Waals surface area contributed by atoms with Crippen LogP contribution in [0.15, 0.2) is 24.3 Å². The molecule has 1 aromatic carbocycles. The van der Waals surface area contributed by atoms with Crippen LogP contribution >= 0.6 is 11.6 Å². The first-order valence-electron chi connectivity index (χ1n) is 9.55. The Morgan fingerprint density at radius 2 is 1.90 bits per heavy atom. The van der Waals surface area contributed by atoms with E-state index in [1.165, 1.54) is 0 Å². The number of aromatic nitrogens is 2. The standard InChI is InChI=1S/C20H20ClF2N3O3S/c21-15-9-16(22)13(8-17(15)23)19-24-18-11-30(28,29)10-14(18)20(25-19)26-5-3-12(4-6-26)2-1-7-27/h1-2,8-9,12,27H,3-7,10-11H2/b2-1-. The molecule has 30 heavy (non-hydrogen) atoms. The van der Waals surface area contributed by atoms with Crippen LogP contribution in [0.25, 0.3) is 11.4 Å². The summed E-state index contributed by atoms with van der Waals surface area (Å²) in [4.78, 5) is 10.7. The van der Waals surface area contributed by atoms with Crippen LogP contribution in [0.3, 0.4) is 0 Å². The van der Waals surface area contributed by atoms with Crippen molar-refractivity contribution in [2.24, 2.45) is 5.92 Å². The van der Waals surface area contributed by atoms with Crippen LogP contribution in [0.5, 0.6) is 0 Å². The van der Waals surface area contributed by atoms with Crippen LogP contribution in [0, 0.1) is 17.6 Å². The summed E-state index contributed by atoms with van der Waals surface area (Å²) in [5.41, 5.74) is 0.691. The van der Waals surface area contributed by atoms with Crippen molar-refractivity contribution in [2.45, 2.75) is 24.3 Å². The Morgan fingerprint density at radius 1 is 1.17 bits per heavy atom. The third-order valence-electron chi connectivity index (χ3n) is 5.40. The van der Waals surface area contributed by atoms with E-state index in [0.29, 0.717) is 36.1 Å². The van der Waals surface area contributed by atoms with Gasteiger partial charge in [0.25, 0.3) is 0 Å². The summed E-state index contributed by atoms with van der Waals surface area (Å²) < 4.78 is 52.9. The maximum absolute atomic E-state index is 14.5. The van der Waals surface area contributed by atoms with Crippen LogP contribution in [0.4, 0.5) is 14.6 Å². The zero-order valence-electron chi connectivity index (χ0n) is 16.0. The first kappa shape index (κ1) is 21.1. The summed E-state index contributed by atoms with van der Waals surface area (Å²) in [7, 11) is -3.37. The summed E-state index contributed by atoms with van der Waals surface area (Å²) in [6.07, 6.45) is 5.30. The minimum atomic E-state index is -3.37. The first-order valence-corrected chi connectivity index (χ1v) is 11.7. The van der Waals surface area contributed by atoms with Crippen molar-refractivity contribution in [3.05, 3.63) is 52.2 Å². The third-order valence-corrected chi connectivity index (χ3v) is 7.13. The Morgan fingerprint density at radius 3 is 2.60 bits per heavy atom. The topological polar surface area (TPSA) is 83.4 Å². The van der Waals surface area contributed by atoms with Gasteiger partial charge in [-0.15, -0.1) is 0 Å². The Bertz CT molecular complexity index is 1120. The quantitative estimate of drug-likeness (QED) is 0.562. The average Bonchev–Trinajstić information content (AvgIpc) is 3.02. The van der Waals surface area contributed by atoms with E-state index in [2.05, 4.69) is 9.97 Å². The molecular weight excluding hydrogens is 436 g/mol. The number of hydrogen-bond donors (Lipinski definition) is 1. The number of rotatable bonds is 4. The predicted octanol–water partition coefficient (Wildman–Crippen LogP) is 3.27. The first-order chi connectivity index (χ1) is 14.3. The van der Waals surface area contributed by atoms with E-state index in [-0.39, 0.29) is 34.5 Å². The molecule has 0 bridgehead atoms. The fourth-order valence-electron chi connectivity index (χ4n) is 3.90. The largest absolute Gasteiger partial charge is 0.392 e. The van der Waals surface area contributed by atoms with Gasteiger partial charge in [0.15, 0.2) is 15.7 Å². The highest BCUT2D eigenvalue weighted by Crippen LogP contribution is 2.36. The van der Waals surface area contributed by atoms with Gasteiger partial charge >= 0.3 is 0 Å². The summed E-state index contributed by atoms with van der Waals surface area (Å²) >= 11 is 5.64. The molecule has 2 aliphatic heterocycles. The molecule has 10 heteroatoms. The number of allylic oxidation sites excluding steroid dienone is 1. The van der Waals surface area contributed by atoms with Gasteiger partial charge in [-0.3, -0.25) is 0 Å². The van der Waals surface area contributed by atoms with Crippen LogP contribution < -0.4 is 4.90 Å². The number of piperidine rings is 1. The number of anilines is 1. The van der Waals surface area contributed by atoms with Crippen LogP contribution in [-0.4, -0.2) is 43.2 Å². The fraction of sp³-hybridized carbons (Fsp3) is 0.400. The number of benzene rings is 1. The monoisotopic (exact) mass is 455 g/mol. The summed E-state index contributed by atoms with van der Waals surface area (Å²) in [6, 6.07) is 1.79. The van der Waals surface area contributed by atoms with Crippen molar-refractivity contribution < 1.29 is 22.3 Å². The maximum Gasteiger partial charge on any atom is 0.164 e. The average molecular weight is 456 g/mol. The Labute approximate surface area is 178 Å². The molecule has 4 rings (SSSR count). The molecule has 2 aliphatic rings. The molecule has 1 fully saturated rings. The van der Waals surface area contributed by atoms with E-state index >= 15 is 0 Å². The van der Waals surface area contributed by atoms with Crippen LogP contribution in [0.1, 0.15) is 24.1 Å². The van der Waals surface area contributed by atoms with Crippen molar-refractivity contribution in [3.63, 3.8) is 0 Å². The fourth-order valence-corrected chi connectivity index (χ4v) is 5.54. The second kappa shape index (κ2) is 8.20. The lowest BCUT2D eigenvalue weighted by Crippen LogP contribution is -2.34. The van der Waals surface area contributed by atoms with Crippen LogP contribution in [-0.2, 0) is 21.3 Å². The summed E-state index contributed by atoms with van der Waals surface area (Å²) in [6.45, 7) is 1.24. The molecule has 0 amide bonds. The number of hydrogen-bond acceptors (Lipinski definition) is 6. The maximum atomic E-state index is 14.5. The minimum absolute atomic E-state index is 0.00985. The summed E-state index contributed by atoms with van der Waals surface area (Å²) in [5, 5.41) is 8.59. The Kier molecular flexibility index (Phi) is 5.78. The van der Waals surface area contributed by atoms with Gasteiger partial charge in [-0.2, -0.15) is 0 Å². The molecule has 0 aliphatic carbocycles. The number of nitrogens with zero attached hydrogens (tertiary/aromatic N) is 3. The van der Waals surface area contributed by atoms with Crippen molar-refractivity contribution in [1.82, 2.24) is 9.97 Å². The van der Waals surface area contributed by atoms with Gasteiger partial charge in [0, 0.05) is 18.7 Å². The Hall–Kier alpha value is -2.10. The number of fused-ring (bicyclic) bond motifs is 1. The molecule has 1 N–H and O–H groups in total. The molecule has 1 saturated heterocycles. The highest BCUT2D eigenvalue weighted by Gasteiger charge is 2.33. The number of aliphatic hydroxyl groups excluding tert-OH is 1. The van der Waals surface area contributed by atoms with E-state index < -0.39 is 21.5 Å². The lowest BCUT2D eigenvalue weighted by Gasteiger charge is -2.32. The molecular formula is C20H20ClF2N3O3S. The van der Waals surface area contributed by atoms with Crippen molar-refractivity contribution in [2.75, 3.05) is 24.6 Å². The number of halogens is 3. The molecule has 0 unspecified atom stereocenters. The summed E-state index contributed by atoms with van der Waals surface area (Å²) in [5.74, 6) is -1.29. The second-order valence-corrected chi connectivity index (χ2v) is 9.98. The van der Waals surface area contributed by atoms with Crippen molar-refractivity contribution >= 4 is 27.3 Å². The van der Waals surface area contributed by atoms with Gasteiger partial charge in [0.2, 0.25) is 0 Å². The van der Waals surface area contributed by atoms with E-state index in [4.69, 9.17) is 16.7 Å². The van der Waals surface area contributed by atoms with E-state index in [1.54, 1.807) is 6.08 Å².